The number of aliphatic imine (C=N–C) groups is 2. The molecule has 1 saturated carbocycles. The van der Waals surface area contributed by atoms with Crippen LogP contribution in [0.3, 0.4) is 0 Å². The van der Waals surface area contributed by atoms with Gasteiger partial charge < -0.3 is 16.2 Å². The number of halogens is 3. The number of benzene rings is 1. The number of hydrogen-bond donors (Lipinski definition) is 2. The van der Waals surface area contributed by atoms with Crippen molar-refractivity contribution in [3.8, 4) is 5.75 Å². The molecular formula is C16H20ClF2N5O. The van der Waals surface area contributed by atoms with Crippen LogP contribution < -0.4 is 21.1 Å². The molecule has 1 fully saturated rings. The Morgan fingerprint density at radius 3 is 2.64 bits per heavy atom. The minimum absolute atomic E-state index is 0.118. The summed E-state index contributed by atoms with van der Waals surface area (Å²) in [5.41, 5.74) is 11.8. The summed E-state index contributed by atoms with van der Waals surface area (Å²) in [6.45, 7) is -0.724. The van der Waals surface area contributed by atoms with Gasteiger partial charge in [0.15, 0.2) is 0 Å². The number of anilines is 1. The molecule has 0 unspecified atom stereocenters. The Bertz CT molecular complexity index is 704. The van der Waals surface area contributed by atoms with Gasteiger partial charge in [-0.1, -0.05) is 18.0 Å². The standard InChI is InChI=1S/C16H20ClF2N5O/c17-10-4-5-12(25-9-13(18)19)11(8-10)24-15(21)22-14(20)23-16(24)6-2-1-3-7-16/h4-5,8,13H,1-3,6-7,9H2,(H4,20,21,22,23). The highest BCUT2D eigenvalue weighted by Gasteiger charge is 2.43. The Kier molecular flexibility index (Phi) is 4.99. The van der Waals surface area contributed by atoms with Gasteiger partial charge in [0.1, 0.15) is 18.0 Å². The number of hydrogen-bond acceptors (Lipinski definition) is 6. The van der Waals surface area contributed by atoms with Crippen LogP contribution in [-0.2, 0) is 0 Å². The van der Waals surface area contributed by atoms with E-state index in [1.807, 2.05) is 0 Å². The van der Waals surface area contributed by atoms with Crippen LogP contribution in [0.1, 0.15) is 32.1 Å². The summed E-state index contributed by atoms with van der Waals surface area (Å²) >= 11 is 6.13. The minimum atomic E-state index is -2.59. The van der Waals surface area contributed by atoms with E-state index in [0.29, 0.717) is 10.7 Å². The molecule has 3 rings (SSSR count). The lowest BCUT2D eigenvalue weighted by atomic mass is 9.87. The van der Waals surface area contributed by atoms with E-state index in [9.17, 15) is 8.78 Å². The predicted molar refractivity (Wildman–Crippen MR) is 94.5 cm³/mol. The number of guanidine groups is 2. The molecule has 0 saturated heterocycles. The van der Waals surface area contributed by atoms with E-state index in [0.717, 1.165) is 32.1 Å². The van der Waals surface area contributed by atoms with Crippen molar-refractivity contribution in [2.75, 3.05) is 11.5 Å². The molecule has 1 aromatic carbocycles. The average molecular weight is 372 g/mol. The molecule has 136 valence electrons. The minimum Gasteiger partial charge on any atom is -0.485 e. The van der Waals surface area contributed by atoms with Gasteiger partial charge >= 0.3 is 0 Å². The van der Waals surface area contributed by atoms with Gasteiger partial charge in [-0.25, -0.2) is 13.8 Å². The van der Waals surface area contributed by atoms with Crippen LogP contribution in [0, 0.1) is 0 Å². The van der Waals surface area contributed by atoms with Crippen molar-refractivity contribution < 1.29 is 13.5 Å². The maximum atomic E-state index is 12.6. The second-order valence-corrected chi connectivity index (χ2v) is 6.57. The van der Waals surface area contributed by atoms with Crippen LogP contribution in [0.15, 0.2) is 28.2 Å². The van der Waals surface area contributed by atoms with Gasteiger partial charge in [-0.05, 0) is 43.9 Å². The molecule has 1 aliphatic heterocycles. The zero-order valence-electron chi connectivity index (χ0n) is 13.6. The average Bonchev–Trinajstić information content (AvgIpc) is 2.54. The first-order valence-electron chi connectivity index (χ1n) is 8.11. The molecular weight excluding hydrogens is 352 g/mol. The third kappa shape index (κ3) is 3.63. The van der Waals surface area contributed by atoms with E-state index in [1.165, 1.54) is 0 Å². The number of rotatable bonds is 4. The molecule has 25 heavy (non-hydrogen) atoms. The normalized spacial score (nSPS) is 19.8. The summed E-state index contributed by atoms with van der Waals surface area (Å²) < 4.78 is 30.5. The lowest BCUT2D eigenvalue weighted by Crippen LogP contribution is -2.58. The smallest absolute Gasteiger partial charge is 0.272 e. The van der Waals surface area contributed by atoms with Gasteiger partial charge in [0.05, 0.1) is 5.69 Å². The van der Waals surface area contributed by atoms with Gasteiger partial charge in [0.2, 0.25) is 11.9 Å². The lowest BCUT2D eigenvalue weighted by molar-refractivity contribution is 0.0820. The molecule has 2 aliphatic rings. The Morgan fingerprint density at radius 1 is 1.24 bits per heavy atom. The highest BCUT2D eigenvalue weighted by molar-refractivity contribution is 6.31. The Labute approximate surface area is 149 Å². The highest BCUT2D eigenvalue weighted by Crippen LogP contribution is 2.43. The lowest BCUT2D eigenvalue weighted by Gasteiger charge is -2.45. The fourth-order valence-corrected chi connectivity index (χ4v) is 3.58. The van der Waals surface area contributed by atoms with Gasteiger partial charge in [-0.3, -0.25) is 4.90 Å². The first kappa shape index (κ1) is 17.7. The highest BCUT2D eigenvalue weighted by atomic mass is 35.5. The molecule has 0 bridgehead atoms. The van der Waals surface area contributed by atoms with Crippen LogP contribution in [0.2, 0.25) is 5.02 Å². The third-order valence-electron chi connectivity index (χ3n) is 4.38. The van der Waals surface area contributed by atoms with Crippen LogP contribution >= 0.6 is 11.6 Å². The van der Waals surface area contributed by atoms with Crippen molar-refractivity contribution in [1.29, 1.82) is 0 Å². The molecule has 0 atom stereocenters. The summed E-state index contributed by atoms with van der Waals surface area (Å²) in [7, 11) is 0. The van der Waals surface area contributed by atoms with E-state index >= 15 is 0 Å². The summed E-state index contributed by atoms with van der Waals surface area (Å²) in [6, 6.07) is 4.75. The number of ether oxygens (including phenoxy) is 1. The molecule has 4 N–H and O–H groups in total. The van der Waals surface area contributed by atoms with Crippen molar-refractivity contribution in [2.24, 2.45) is 21.5 Å². The van der Waals surface area contributed by atoms with Crippen LogP contribution in [0.25, 0.3) is 0 Å². The van der Waals surface area contributed by atoms with Crippen LogP contribution in [-0.4, -0.2) is 30.6 Å². The molecule has 0 aromatic heterocycles. The first-order chi connectivity index (χ1) is 11.9. The molecule has 1 spiro atoms. The molecule has 0 radical (unpaired) electrons. The van der Waals surface area contributed by atoms with Crippen molar-refractivity contribution in [3.63, 3.8) is 0 Å². The SMILES string of the molecule is NC1=NC2(CCCCC2)N(c2cc(Cl)ccc2OCC(F)F)C(N)=N1. The zero-order valence-corrected chi connectivity index (χ0v) is 14.3. The van der Waals surface area contributed by atoms with Gasteiger partial charge in [-0.15, -0.1) is 0 Å². The molecule has 6 nitrogen and oxygen atoms in total. The summed E-state index contributed by atoms with van der Waals surface area (Å²) in [5, 5.41) is 0.431. The fourth-order valence-electron chi connectivity index (χ4n) is 3.41. The maximum absolute atomic E-state index is 12.6. The Hall–Kier alpha value is -2.09. The Morgan fingerprint density at radius 2 is 1.96 bits per heavy atom. The van der Waals surface area contributed by atoms with Crippen LogP contribution in [0.4, 0.5) is 14.5 Å². The Balaban J connectivity index is 2.06. The monoisotopic (exact) mass is 371 g/mol. The zero-order chi connectivity index (χ0) is 18.0. The largest absolute Gasteiger partial charge is 0.485 e. The van der Waals surface area contributed by atoms with Crippen molar-refractivity contribution >= 4 is 29.2 Å². The van der Waals surface area contributed by atoms with E-state index in [-0.39, 0.29) is 17.7 Å². The second-order valence-electron chi connectivity index (χ2n) is 6.13. The van der Waals surface area contributed by atoms with E-state index < -0.39 is 18.7 Å². The quantitative estimate of drug-likeness (QED) is 0.851. The summed E-state index contributed by atoms with van der Waals surface area (Å²) in [6.07, 6.45) is 1.86. The number of alkyl halides is 2. The van der Waals surface area contributed by atoms with Gasteiger partial charge in [0, 0.05) is 5.02 Å². The van der Waals surface area contributed by atoms with E-state index in [4.69, 9.17) is 27.8 Å². The second kappa shape index (κ2) is 7.03. The van der Waals surface area contributed by atoms with Gasteiger partial charge in [0.25, 0.3) is 6.43 Å². The molecule has 0 amide bonds. The van der Waals surface area contributed by atoms with Crippen molar-refractivity contribution in [3.05, 3.63) is 23.2 Å². The number of nitrogens with two attached hydrogens (primary N) is 2. The predicted octanol–water partition coefficient (Wildman–Crippen LogP) is 3.09. The van der Waals surface area contributed by atoms with Crippen molar-refractivity contribution in [1.82, 2.24) is 0 Å². The van der Waals surface area contributed by atoms with Gasteiger partial charge in [-0.2, -0.15) is 4.99 Å². The summed E-state index contributed by atoms with van der Waals surface area (Å²) in [4.78, 5) is 10.3. The van der Waals surface area contributed by atoms with E-state index in [2.05, 4.69) is 9.98 Å². The first-order valence-corrected chi connectivity index (χ1v) is 8.49. The number of nitrogens with zero attached hydrogens (tertiary/aromatic N) is 3. The van der Waals surface area contributed by atoms with Crippen molar-refractivity contribution in [2.45, 2.75) is 44.2 Å². The topological polar surface area (TPSA) is 89.2 Å². The molecule has 9 heteroatoms. The van der Waals surface area contributed by atoms with Crippen LogP contribution in [0.5, 0.6) is 5.75 Å². The van der Waals surface area contributed by atoms with E-state index in [1.54, 1.807) is 23.1 Å². The fraction of sp³-hybridized carbons (Fsp3) is 0.500. The maximum Gasteiger partial charge on any atom is 0.272 e. The molecule has 1 aromatic rings. The summed E-state index contributed by atoms with van der Waals surface area (Å²) in [5.74, 6) is 0.523. The third-order valence-corrected chi connectivity index (χ3v) is 4.61. The molecule has 1 heterocycles. The molecule has 1 aliphatic carbocycles.